The highest BCUT2D eigenvalue weighted by Crippen LogP contribution is 2.28. The van der Waals surface area contributed by atoms with Gasteiger partial charge < -0.3 is 26.0 Å². The van der Waals surface area contributed by atoms with Crippen molar-refractivity contribution in [2.24, 2.45) is 0 Å². The summed E-state index contributed by atoms with van der Waals surface area (Å²) in [6.07, 6.45) is -3.15. The summed E-state index contributed by atoms with van der Waals surface area (Å²) in [5.41, 5.74) is 7.53. The number of carbonyl (C=O) groups is 1. The van der Waals surface area contributed by atoms with Gasteiger partial charge in [0.15, 0.2) is 0 Å². The lowest BCUT2D eigenvalue weighted by Gasteiger charge is -2.20. The van der Waals surface area contributed by atoms with Crippen LogP contribution < -0.4 is 11.1 Å². The summed E-state index contributed by atoms with van der Waals surface area (Å²) in [6.45, 7) is 1.84. The number of nitrogens with two attached hydrogens (primary N) is 1. The molecule has 6 nitrogen and oxygen atoms in total. The van der Waals surface area contributed by atoms with Gasteiger partial charge in [0.1, 0.15) is 18.5 Å². The van der Waals surface area contributed by atoms with Crippen LogP contribution in [0.2, 0.25) is 0 Å². The molecule has 0 radical (unpaired) electrons. The Hall–Kier alpha value is -2.64. The quantitative estimate of drug-likeness (QED) is 0.566. The third-order valence-electron chi connectivity index (χ3n) is 3.99. The minimum absolute atomic E-state index is 0.0522. The molecule has 2 atom stereocenters. The number of alkyl carbamates (subject to hydrolysis) is 1. The number of aliphatic hydroxyl groups excluding tert-OH is 2. The molecule has 0 aliphatic carbocycles. The fourth-order valence-corrected chi connectivity index (χ4v) is 2.49. The van der Waals surface area contributed by atoms with E-state index in [9.17, 15) is 19.4 Å². The molecule has 0 fully saturated rings. The summed E-state index contributed by atoms with van der Waals surface area (Å²) in [5.74, 6) is -0.541. The molecule has 0 bridgehead atoms. The van der Waals surface area contributed by atoms with Crippen molar-refractivity contribution in [1.82, 2.24) is 5.32 Å². The smallest absolute Gasteiger partial charge is 0.407 e. The Bertz CT molecular complexity index is 740. The van der Waals surface area contributed by atoms with Gasteiger partial charge >= 0.3 is 6.09 Å². The molecule has 0 aliphatic rings. The van der Waals surface area contributed by atoms with E-state index in [1.807, 2.05) is 30.3 Å². The molecule has 0 spiro atoms. The lowest BCUT2D eigenvalue weighted by Crippen LogP contribution is -2.30. The number of carbonyl (C=O) groups excluding carboxylic acids is 1. The first-order chi connectivity index (χ1) is 12.4. The summed E-state index contributed by atoms with van der Waals surface area (Å²) < 4.78 is 18.5. The van der Waals surface area contributed by atoms with Crippen LogP contribution in [0.1, 0.15) is 29.2 Å². The second kappa shape index (κ2) is 9.17. The minimum Gasteiger partial charge on any atom is -0.445 e. The molecular weight excluding hydrogens is 339 g/mol. The van der Waals surface area contributed by atoms with Gasteiger partial charge in [-0.25, -0.2) is 9.18 Å². The van der Waals surface area contributed by atoms with Crippen LogP contribution in [0.5, 0.6) is 0 Å². The third kappa shape index (κ3) is 5.44. The lowest BCUT2D eigenvalue weighted by atomic mass is 9.98. The molecule has 7 heteroatoms. The van der Waals surface area contributed by atoms with Crippen molar-refractivity contribution in [2.75, 3.05) is 12.3 Å². The van der Waals surface area contributed by atoms with E-state index < -0.39 is 24.1 Å². The van der Waals surface area contributed by atoms with Crippen molar-refractivity contribution in [3.8, 4) is 0 Å². The van der Waals surface area contributed by atoms with E-state index in [4.69, 9.17) is 10.5 Å². The number of aliphatic hydroxyl groups is 2. The van der Waals surface area contributed by atoms with Crippen LogP contribution >= 0.6 is 0 Å². The van der Waals surface area contributed by atoms with E-state index in [-0.39, 0.29) is 30.8 Å². The Morgan fingerprint density at radius 1 is 1.27 bits per heavy atom. The average Bonchev–Trinajstić information content (AvgIpc) is 2.63. The number of ether oxygens (including phenoxy) is 1. The predicted molar refractivity (Wildman–Crippen MR) is 95.8 cm³/mol. The second-order valence-electron chi connectivity index (χ2n) is 6.01. The number of hydrogen-bond acceptors (Lipinski definition) is 5. The Morgan fingerprint density at radius 2 is 1.96 bits per heavy atom. The van der Waals surface area contributed by atoms with Crippen molar-refractivity contribution >= 4 is 11.8 Å². The highest BCUT2D eigenvalue weighted by atomic mass is 19.1. The normalized spacial score (nSPS) is 13.1. The van der Waals surface area contributed by atoms with Crippen LogP contribution in [-0.4, -0.2) is 29.0 Å². The zero-order chi connectivity index (χ0) is 19.1. The number of benzene rings is 2. The molecule has 0 saturated carbocycles. The predicted octanol–water partition coefficient (Wildman–Crippen LogP) is 2.43. The van der Waals surface area contributed by atoms with E-state index in [1.165, 1.54) is 6.07 Å². The number of nitrogen functional groups attached to an aromatic ring is 1. The Balaban J connectivity index is 1.79. The number of anilines is 1. The van der Waals surface area contributed by atoms with Gasteiger partial charge in [-0.1, -0.05) is 30.3 Å². The molecule has 140 valence electrons. The van der Waals surface area contributed by atoms with E-state index in [1.54, 1.807) is 6.92 Å². The molecule has 0 heterocycles. The molecule has 0 aliphatic heterocycles. The van der Waals surface area contributed by atoms with Crippen LogP contribution in [0.25, 0.3) is 0 Å². The Labute approximate surface area is 151 Å². The molecule has 0 saturated heterocycles. The molecule has 26 heavy (non-hydrogen) atoms. The van der Waals surface area contributed by atoms with Crippen LogP contribution in [-0.2, 0) is 11.3 Å². The monoisotopic (exact) mass is 362 g/mol. The molecule has 2 aromatic rings. The van der Waals surface area contributed by atoms with Crippen LogP contribution in [0, 0.1) is 12.7 Å². The summed E-state index contributed by atoms with van der Waals surface area (Å²) >= 11 is 0. The third-order valence-corrected chi connectivity index (χ3v) is 3.99. The molecule has 2 aromatic carbocycles. The van der Waals surface area contributed by atoms with Gasteiger partial charge in [-0.3, -0.25) is 0 Å². The fraction of sp³-hybridized carbons (Fsp3) is 0.316. The first kappa shape index (κ1) is 19.7. The SMILES string of the molecule is Cc1cc(F)cc(C(O)C(O)CCNC(=O)OCc2ccccc2)c1N. The van der Waals surface area contributed by atoms with Gasteiger partial charge in [-0.05, 0) is 36.6 Å². The molecule has 0 aromatic heterocycles. The summed E-state index contributed by atoms with van der Waals surface area (Å²) in [5, 5.41) is 22.8. The van der Waals surface area contributed by atoms with Crippen molar-refractivity contribution in [2.45, 2.75) is 32.2 Å². The highest BCUT2D eigenvalue weighted by Gasteiger charge is 2.22. The second-order valence-corrected chi connectivity index (χ2v) is 6.01. The fourth-order valence-electron chi connectivity index (χ4n) is 2.49. The van der Waals surface area contributed by atoms with Gasteiger partial charge in [0, 0.05) is 17.8 Å². The van der Waals surface area contributed by atoms with Crippen LogP contribution in [0.4, 0.5) is 14.9 Å². The number of rotatable bonds is 7. The van der Waals surface area contributed by atoms with Gasteiger partial charge in [0.2, 0.25) is 0 Å². The lowest BCUT2D eigenvalue weighted by molar-refractivity contribution is 0.0139. The van der Waals surface area contributed by atoms with Crippen molar-refractivity contribution in [1.29, 1.82) is 0 Å². The molecule has 1 amide bonds. The molecule has 2 unspecified atom stereocenters. The van der Waals surface area contributed by atoms with Gasteiger partial charge in [0.05, 0.1) is 6.10 Å². The molecule has 2 rings (SSSR count). The summed E-state index contributed by atoms with van der Waals surface area (Å²) in [6, 6.07) is 11.6. The largest absolute Gasteiger partial charge is 0.445 e. The van der Waals surface area contributed by atoms with Crippen LogP contribution in [0.15, 0.2) is 42.5 Å². The maximum atomic E-state index is 13.5. The zero-order valence-corrected chi connectivity index (χ0v) is 14.5. The van der Waals surface area contributed by atoms with E-state index in [0.717, 1.165) is 11.6 Å². The number of halogens is 1. The van der Waals surface area contributed by atoms with Gasteiger partial charge in [-0.15, -0.1) is 0 Å². The highest BCUT2D eigenvalue weighted by molar-refractivity contribution is 5.67. The van der Waals surface area contributed by atoms with E-state index in [2.05, 4.69) is 5.32 Å². The first-order valence-corrected chi connectivity index (χ1v) is 8.24. The zero-order valence-electron chi connectivity index (χ0n) is 14.5. The van der Waals surface area contributed by atoms with Gasteiger partial charge in [0.25, 0.3) is 0 Å². The molecule has 5 N–H and O–H groups in total. The maximum absolute atomic E-state index is 13.5. The van der Waals surface area contributed by atoms with Crippen molar-refractivity contribution < 1.29 is 24.1 Å². The Morgan fingerprint density at radius 3 is 2.65 bits per heavy atom. The number of hydrogen-bond donors (Lipinski definition) is 4. The van der Waals surface area contributed by atoms with Gasteiger partial charge in [-0.2, -0.15) is 0 Å². The summed E-state index contributed by atoms with van der Waals surface area (Å²) in [7, 11) is 0. The maximum Gasteiger partial charge on any atom is 0.407 e. The van der Waals surface area contributed by atoms with Crippen molar-refractivity contribution in [3.63, 3.8) is 0 Å². The number of aryl methyl sites for hydroxylation is 1. The first-order valence-electron chi connectivity index (χ1n) is 8.24. The van der Waals surface area contributed by atoms with Crippen molar-refractivity contribution in [3.05, 3.63) is 65.0 Å². The Kier molecular flexibility index (Phi) is 6.94. The standard InChI is InChI=1S/C19H23FN2O4/c1-12-9-14(20)10-15(17(12)21)18(24)16(23)7-8-22-19(25)26-11-13-5-3-2-4-6-13/h2-6,9-10,16,18,23-24H,7-8,11,21H2,1H3,(H,22,25). The van der Waals surface area contributed by atoms with E-state index >= 15 is 0 Å². The molecular formula is C19H23FN2O4. The number of amides is 1. The summed E-state index contributed by atoms with van der Waals surface area (Å²) in [4.78, 5) is 11.6. The topological polar surface area (TPSA) is 105 Å². The van der Waals surface area contributed by atoms with Crippen LogP contribution in [0.3, 0.4) is 0 Å². The average molecular weight is 362 g/mol. The van der Waals surface area contributed by atoms with E-state index in [0.29, 0.717) is 5.56 Å². The number of nitrogens with one attached hydrogen (secondary N) is 1. The minimum atomic E-state index is -1.36.